The van der Waals surface area contributed by atoms with Crippen LogP contribution in [0.3, 0.4) is 0 Å². The Hall–Kier alpha value is -1.37. The molecule has 1 rings (SSSR count). The number of rotatable bonds is 35. The Bertz CT molecular complexity index is 901. The first kappa shape index (κ1) is 49.6. The number of hydrogen-bond donors (Lipinski definition) is 7. The molecule has 0 saturated carbocycles. The highest BCUT2D eigenvalue weighted by molar-refractivity contribution is 5.80. The van der Waals surface area contributed by atoms with Crippen LogP contribution in [0.2, 0.25) is 0 Å². The zero-order valence-corrected chi connectivity index (χ0v) is 33.6. The fraction of sp³-hybridized carbons (Fsp3) is 0.884. The average Bonchev–Trinajstić information content (AvgIpc) is 3.16. The molecule has 0 spiro atoms. The van der Waals surface area contributed by atoms with Crippen LogP contribution in [0.25, 0.3) is 0 Å². The summed E-state index contributed by atoms with van der Waals surface area (Å²) in [5.41, 5.74) is 0. The Morgan fingerprint density at radius 1 is 0.642 bits per heavy atom. The highest BCUT2D eigenvalue weighted by Crippen LogP contribution is 2.22. The van der Waals surface area contributed by atoms with E-state index in [1.165, 1.54) is 116 Å². The van der Waals surface area contributed by atoms with E-state index in [-0.39, 0.29) is 13.0 Å². The lowest BCUT2D eigenvalue weighted by Crippen LogP contribution is -2.60. The number of amides is 1. The molecule has 0 aromatic heterocycles. The quantitative estimate of drug-likeness (QED) is 0.0259. The van der Waals surface area contributed by atoms with Gasteiger partial charge >= 0.3 is 0 Å². The highest BCUT2D eigenvalue weighted by Gasteiger charge is 2.44. The molecule has 8 unspecified atom stereocenters. The number of ether oxygens (including phenoxy) is 2. The van der Waals surface area contributed by atoms with Gasteiger partial charge in [-0.05, 0) is 44.9 Å². The SMILES string of the molecule is CCCCCCCC/C=C\CCCCC(O)C(=O)NC(COC1OC(CO)C(O)C(O)C1O)C(O)/C=C/CCCCCCCCCCCCCCCC. The van der Waals surface area contributed by atoms with E-state index in [1.807, 2.05) is 6.08 Å². The second-order valence-corrected chi connectivity index (χ2v) is 15.3. The second-order valence-electron chi connectivity index (χ2n) is 15.3. The van der Waals surface area contributed by atoms with E-state index >= 15 is 0 Å². The van der Waals surface area contributed by atoms with E-state index in [0.29, 0.717) is 6.42 Å². The van der Waals surface area contributed by atoms with Crippen molar-refractivity contribution < 1.29 is 44.9 Å². The lowest BCUT2D eigenvalue weighted by molar-refractivity contribution is -0.302. The third-order valence-corrected chi connectivity index (χ3v) is 10.4. The molecule has 1 amide bonds. The van der Waals surface area contributed by atoms with Gasteiger partial charge < -0.3 is 45.4 Å². The molecule has 0 bridgehead atoms. The van der Waals surface area contributed by atoms with Gasteiger partial charge in [0.25, 0.3) is 0 Å². The van der Waals surface area contributed by atoms with Crippen molar-refractivity contribution in [3.63, 3.8) is 0 Å². The number of carbonyl (C=O) groups excluding carboxylic acids is 1. The Morgan fingerprint density at radius 2 is 1.09 bits per heavy atom. The molecule has 1 fully saturated rings. The lowest BCUT2D eigenvalue weighted by atomic mass is 9.99. The van der Waals surface area contributed by atoms with Crippen molar-refractivity contribution in [3.8, 4) is 0 Å². The van der Waals surface area contributed by atoms with Crippen LogP contribution in [-0.2, 0) is 14.3 Å². The molecule has 1 aliphatic rings. The predicted molar refractivity (Wildman–Crippen MR) is 213 cm³/mol. The highest BCUT2D eigenvalue weighted by atomic mass is 16.7. The number of aliphatic hydroxyl groups is 6. The van der Waals surface area contributed by atoms with Gasteiger partial charge in [0.05, 0.1) is 25.4 Å². The zero-order chi connectivity index (χ0) is 38.9. The van der Waals surface area contributed by atoms with Crippen LogP contribution in [0.15, 0.2) is 24.3 Å². The maximum Gasteiger partial charge on any atom is 0.249 e. The van der Waals surface area contributed by atoms with Crippen molar-refractivity contribution in [3.05, 3.63) is 24.3 Å². The number of aliphatic hydroxyl groups excluding tert-OH is 6. The summed E-state index contributed by atoms with van der Waals surface area (Å²) in [4.78, 5) is 13.0. The van der Waals surface area contributed by atoms with Gasteiger partial charge in [-0.25, -0.2) is 0 Å². The van der Waals surface area contributed by atoms with Crippen molar-refractivity contribution in [2.45, 2.75) is 230 Å². The molecule has 10 heteroatoms. The van der Waals surface area contributed by atoms with Crippen LogP contribution in [0.4, 0.5) is 0 Å². The Kier molecular flexibility index (Phi) is 31.8. The van der Waals surface area contributed by atoms with Crippen molar-refractivity contribution >= 4 is 5.91 Å². The van der Waals surface area contributed by atoms with E-state index in [9.17, 15) is 35.4 Å². The molecule has 53 heavy (non-hydrogen) atoms. The largest absolute Gasteiger partial charge is 0.394 e. The molecule has 7 N–H and O–H groups in total. The van der Waals surface area contributed by atoms with Gasteiger partial charge in [0.2, 0.25) is 5.91 Å². The Labute approximate surface area is 322 Å². The molecule has 1 aliphatic heterocycles. The molecule has 0 radical (unpaired) electrons. The fourth-order valence-corrected chi connectivity index (χ4v) is 6.74. The lowest BCUT2D eigenvalue weighted by Gasteiger charge is -2.40. The molecule has 8 atom stereocenters. The van der Waals surface area contributed by atoms with E-state index in [1.54, 1.807) is 6.08 Å². The summed E-state index contributed by atoms with van der Waals surface area (Å²) in [6.07, 6.45) is 28.4. The predicted octanol–water partition coefficient (Wildman–Crippen LogP) is 7.30. The maximum atomic E-state index is 13.0. The van der Waals surface area contributed by atoms with E-state index < -0.39 is 61.5 Å². The summed E-state index contributed by atoms with van der Waals surface area (Å²) in [7, 11) is 0. The van der Waals surface area contributed by atoms with Gasteiger partial charge in [-0.1, -0.05) is 160 Å². The Morgan fingerprint density at radius 3 is 1.58 bits per heavy atom. The van der Waals surface area contributed by atoms with Gasteiger partial charge in [0.1, 0.15) is 30.5 Å². The minimum absolute atomic E-state index is 0.280. The third-order valence-electron chi connectivity index (χ3n) is 10.4. The van der Waals surface area contributed by atoms with Crippen LogP contribution in [0.5, 0.6) is 0 Å². The van der Waals surface area contributed by atoms with Crippen LogP contribution >= 0.6 is 0 Å². The minimum atomic E-state index is -1.61. The van der Waals surface area contributed by atoms with Crippen molar-refractivity contribution in [2.75, 3.05) is 13.2 Å². The summed E-state index contributed by atoms with van der Waals surface area (Å²) in [5.74, 6) is -0.634. The van der Waals surface area contributed by atoms with E-state index in [0.717, 1.165) is 38.5 Å². The molecule has 0 aromatic rings. The van der Waals surface area contributed by atoms with E-state index in [4.69, 9.17) is 9.47 Å². The van der Waals surface area contributed by atoms with Crippen molar-refractivity contribution in [1.82, 2.24) is 5.32 Å². The third kappa shape index (κ3) is 24.7. The summed E-state index contributed by atoms with van der Waals surface area (Å²) in [5, 5.41) is 64.4. The number of carbonyl (C=O) groups is 1. The molecule has 1 heterocycles. The van der Waals surface area contributed by atoms with Crippen molar-refractivity contribution in [1.29, 1.82) is 0 Å². The van der Waals surface area contributed by atoms with Crippen LogP contribution in [0, 0.1) is 0 Å². The van der Waals surface area contributed by atoms with Gasteiger partial charge in [0, 0.05) is 0 Å². The van der Waals surface area contributed by atoms with Gasteiger partial charge in [0.15, 0.2) is 6.29 Å². The number of allylic oxidation sites excluding steroid dienone is 3. The van der Waals surface area contributed by atoms with Crippen LogP contribution < -0.4 is 5.32 Å². The van der Waals surface area contributed by atoms with Crippen LogP contribution in [-0.4, -0.2) is 98.7 Å². The first-order valence-corrected chi connectivity index (χ1v) is 21.7. The molecular weight excluding hydrogens is 674 g/mol. The summed E-state index contributed by atoms with van der Waals surface area (Å²) < 4.78 is 11.1. The smallest absolute Gasteiger partial charge is 0.249 e. The monoisotopic (exact) mass is 756 g/mol. The normalized spacial score (nSPS) is 22.5. The number of unbranched alkanes of at least 4 members (excludes halogenated alkanes) is 22. The molecule has 0 aromatic carbocycles. The number of hydrogen-bond acceptors (Lipinski definition) is 9. The zero-order valence-electron chi connectivity index (χ0n) is 33.6. The first-order chi connectivity index (χ1) is 25.8. The maximum absolute atomic E-state index is 13.0. The molecule has 10 nitrogen and oxygen atoms in total. The molecule has 312 valence electrons. The summed E-state index contributed by atoms with van der Waals surface area (Å²) >= 11 is 0. The van der Waals surface area contributed by atoms with Gasteiger partial charge in [-0.3, -0.25) is 4.79 Å². The summed E-state index contributed by atoms with van der Waals surface area (Å²) in [6.45, 7) is 3.57. The topological polar surface area (TPSA) is 169 Å². The Balaban J connectivity index is 2.48. The second kappa shape index (κ2) is 33.9. The minimum Gasteiger partial charge on any atom is -0.394 e. The van der Waals surface area contributed by atoms with E-state index in [2.05, 4.69) is 31.3 Å². The molecule has 0 aliphatic carbocycles. The standard InChI is InChI=1S/C43H81NO9/c1-3-5-7-9-11-13-15-17-18-19-20-22-23-25-27-29-31-36(46)35(34-52-43-41(50)40(49)39(48)38(33-45)53-43)44-42(51)37(47)32-30-28-26-24-21-16-14-12-10-8-6-4-2/h21,24,29,31,35-41,43,45-50H,3-20,22-23,25-28,30,32-34H2,1-2H3,(H,44,51)/b24-21-,31-29+. The van der Waals surface area contributed by atoms with Crippen LogP contribution in [0.1, 0.15) is 181 Å². The fourth-order valence-electron chi connectivity index (χ4n) is 6.74. The average molecular weight is 756 g/mol. The first-order valence-electron chi connectivity index (χ1n) is 21.7. The van der Waals surface area contributed by atoms with Gasteiger partial charge in [-0.2, -0.15) is 0 Å². The molecule has 1 saturated heterocycles. The number of nitrogens with one attached hydrogen (secondary N) is 1. The molecular formula is C43H81NO9. The summed E-state index contributed by atoms with van der Waals surface area (Å²) in [6, 6.07) is -0.984. The van der Waals surface area contributed by atoms with Crippen molar-refractivity contribution in [2.24, 2.45) is 0 Å². The van der Waals surface area contributed by atoms with Gasteiger partial charge in [-0.15, -0.1) is 0 Å².